The van der Waals surface area contributed by atoms with Crippen LogP contribution in [0.25, 0.3) is 0 Å². The largest absolute Gasteiger partial charge is 0.390 e. The summed E-state index contributed by atoms with van der Waals surface area (Å²) >= 11 is 0. The Balaban J connectivity index is 1.99. The Morgan fingerprint density at radius 2 is 1.74 bits per heavy atom. The minimum absolute atomic E-state index is 0.141. The fourth-order valence-corrected chi connectivity index (χ4v) is 1.55. The average Bonchev–Trinajstić information content (AvgIpc) is 2.39. The van der Waals surface area contributed by atoms with Crippen LogP contribution in [-0.4, -0.2) is 6.21 Å². The van der Waals surface area contributed by atoms with E-state index in [1.807, 2.05) is 31.2 Å². The van der Waals surface area contributed by atoms with Crippen molar-refractivity contribution in [2.75, 3.05) is 0 Å². The van der Waals surface area contributed by atoms with E-state index in [0.29, 0.717) is 0 Å². The van der Waals surface area contributed by atoms with Gasteiger partial charge in [0.15, 0.2) is 0 Å². The van der Waals surface area contributed by atoms with E-state index in [2.05, 4.69) is 11.4 Å². The van der Waals surface area contributed by atoms with Crippen molar-refractivity contribution < 1.29 is 13.6 Å². The van der Waals surface area contributed by atoms with Crippen LogP contribution in [0.1, 0.15) is 16.7 Å². The van der Waals surface area contributed by atoms with Crippen LogP contribution >= 0.6 is 0 Å². The van der Waals surface area contributed by atoms with E-state index in [9.17, 15) is 8.78 Å². The van der Waals surface area contributed by atoms with Crippen molar-refractivity contribution in [3.8, 4) is 0 Å². The molecule has 0 atom stereocenters. The molecule has 2 aromatic rings. The zero-order valence-electron chi connectivity index (χ0n) is 10.4. The second kappa shape index (κ2) is 6.09. The Hall–Kier alpha value is -2.23. The van der Waals surface area contributed by atoms with Gasteiger partial charge in [0.1, 0.15) is 24.5 Å². The molecule has 1 radical (unpaired) electrons. The molecule has 0 fully saturated rings. The smallest absolute Gasteiger partial charge is 0.148 e. The van der Waals surface area contributed by atoms with Gasteiger partial charge in [-0.25, -0.2) is 8.78 Å². The predicted molar refractivity (Wildman–Crippen MR) is 68.9 cm³/mol. The van der Waals surface area contributed by atoms with Gasteiger partial charge in [-0.1, -0.05) is 35.5 Å². The molecule has 0 heterocycles. The van der Waals surface area contributed by atoms with E-state index in [1.165, 1.54) is 18.2 Å². The highest BCUT2D eigenvalue weighted by Gasteiger charge is 2.08. The van der Waals surface area contributed by atoms with E-state index in [0.717, 1.165) is 11.1 Å². The topological polar surface area (TPSA) is 21.6 Å². The van der Waals surface area contributed by atoms with Gasteiger partial charge in [0.05, 0.1) is 5.56 Å². The number of rotatable bonds is 4. The summed E-state index contributed by atoms with van der Waals surface area (Å²) in [5.41, 5.74) is 1.63. The highest BCUT2D eigenvalue weighted by atomic mass is 19.1. The summed E-state index contributed by atoms with van der Waals surface area (Å²) in [6, 6.07) is 11.1. The lowest BCUT2D eigenvalue weighted by molar-refractivity contribution is 0.126. The molecule has 2 rings (SSSR count). The van der Waals surface area contributed by atoms with Crippen molar-refractivity contribution in [2.24, 2.45) is 5.16 Å². The van der Waals surface area contributed by atoms with Crippen molar-refractivity contribution in [1.82, 2.24) is 0 Å². The molecule has 2 nitrogen and oxygen atoms in total. The molecule has 0 aromatic heterocycles. The van der Waals surface area contributed by atoms with Crippen LogP contribution in [0.4, 0.5) is 8.78 Å². The van der Waals surface area contributed by atoms with Crippen LogP contribution in [0, 0.1) is 18.6 Å². The van der Waals surface area contributed by atoms with Crippen LogP contribution < -0.4 is 0 Å². The number of benzene rings is 2. The molecule has 0 amide bonds. The number of halogens is 2. The van der Waals surface area contributed by atoms with E-state index in [4.69, 9.17) is 4.84 Å². The summed E-state index contributed by atoms with van der Waals surface area (Å²) in [6.45, 7) is 1.64. The summed E-state index contributed by atoms with van der Waals surface area (Å²) in [5.74, 6) is -1.29. The van der Waals surface area contributed by atoms with Crippen molar-refractivity contribution in [3.63, 3.8) is 0 Å². The molecule has 19 heavy (non-hydrogen) atoms. The standard InChI is InChI=1S/C15H12F2NO/c1-11-5-2-3-6-12(11)9-18-19-10-13-14(16)7-4-8-15(13)17/h2-8H,10H2,1H3. The maximum absolute atomic E-state index is 13.3. The second-order valence-electron chi connectivity index (χ2n) is 3.99. The third-order valence-electron chi connectivity index (χ3n) is 2.65. The van der Waals surface area contributed by atoms with E-state index in [1.54, 1.807) is 0 Å². The zero-order valence-corrected chi connectivity index (χ0v) is 10.4. The number of aryl methyl sites for hydroxylation is 1. The molecule has 2 aromatic carbocycles. The van der Waals surface area contributed by atoms with Gasteiger partial charge < -0.3 is 4.84 Å². The molecule has 0 N–H and O–H groups in total. The molecule has 0 spiro atoms. The molecule has 0 aliphatic carbocycles. The maximum Gasteiger partial charge on any atom is 0.148 e. The Bertz CT molecular complexity index is 576. The minimum atomic E-state index is -0.647. The summed E-state index contributed by atoms with van der Waals surface area (Å²) in [7, 11) is 0. The fourth-order valence-electron chi connectivity index (χ4n) is 1.55. The van der Waals surface area contributed by atoms with Crippen LogP contribution in [0.3, 0.4) is 0 Å². The average molecular weight is 260 g/mol. The van der Waals surface area contributed by atoms with Gasteiger partial charge in [0, 0.05) is 5.56 Å². The molecule has 0 bridgehead atoms. The predicted octanol–water partition coefficient (Wildman–Crippen LogP) is 3.70. The van der Waals surface area contributed by atoms with Gasteiger partial charge >= 0.3 is 0 Å². The molecule has 0 aliphatic rings. The molecule has 0 saturated carbocycles. The summed E-state index contributed by atoms with van der Waals surface area (Å²) in [4.78, 5) is 4.87. The molecule has 97 valence electrons. The first-order valence-corrected chi connectivity index (χ1v) is 5.75. The van der Waals surface area contributed by atoms with Crippen LogP contribution in [-0.2, 0) is 11.4 Å². The monoisotopic (exact) mass is 260 g/mol. The van der Waals surface area contributed by atoms with Crippen molar-refractivity contribution in [2.45, 2.75) is 13.5 Å². The van der Waals surface area contributed by atoms with Crippen molar-refractivity contribution in [1.29, 1.82) is 0 Å². The van der Waals surface area contributed by atoms with Crippen molar-refractivity contribution >= 4 is 6.21 Å². The van der Waals surface area contributed by atoms with Gasteiger partial charge in [-0.2, -0.15) is 0 Å². The van der Waals surface area contributed by atoms with E-state index >= 15 is 0 Å². The third kappa shape index (κ3) is 3.37. The first-order chi connectivity index (χ1) is 9.18. The lowest BCUT2D eigenvalue weighted by Crippen LogP contribution is -1.97. The van der Waals surface area contributed by atoms with Crippen LogP contribution in [0.15, 0.2) is 47.6 Å². The highest BCUT2D eigenvalue weighted by Crippen LogP contribution is 2.13. The summed E-state index contributed by atoms with van der Waals surface area (Å²) in [6.07, 6.45) is 2.68. The van der Waals surface area contributed by atoms with E-state index < -0.39 is 11.6 Å². The first-order valence-electron chi connectivity index (χ1n) is 5.75. The van der Waals surface area contributed by atoms with Gasteiger partial charge in [0.2, 0.25) is 0 Å². The highest BCUT2D eigenvalue weighted by molar-refractivity contribution is 5.81. The molecular formula is C15H12F2NO. The summed E-state index contributed by atoms with van der Waals surface area (Å²) < 4.78 is 26.6. The maximum atomic E-state index is 13.3. The van der Waals surface area contributed by atoms with Gasteiger partial charge in [-0.3, -0.25) is 0 Å². The lowest BCUT2D eigenvalue weighted by Gasteiger charge is -2.03. The molecular weight excluding hydrogens is 248 g/mol. The van der Waals surface area contributed by atoms with Gasteiger partial charge in [-0.05, 0) is 24.6 Å². The second-order valence-corrected chi connectivity index (χ2v) is 3.99. The molecule has 4 heteroatoms. The number of hydrogen-bond acceptors (Lipinski definition) is 2. The quantitative estimate of drug-likeness (QED) is 0.606. The Kier molecular flexibility index (Phi) is 4.23. The number of nitrogens with zero attached hydrogens (tertiary/aromatic N) is 1. The first kappa shape index (κ1) is 13.2. The summed E-state index contributed by atoms with van der Waals surface area (Å²) in [5, 5.41) is 3.60. The minimum Gasteiger partial charge on any atom is -0.390 e. The zero-order chi connectivity index (χ0) is 13.7. The van der Waals surface area contributed by atoms with Crippen LogP contribution in [0.5, 0.6) is 0 Å². The van der Waals surface area contributed by atoms with Gasteiger partial charge in [-0.15, -0.1) is 0 Å². The Labute approximate surface area is 110 Å². The molecule has 0 aliphatic heterocycles. The molecule has 0 saturated heterocycles. The Morgan fingerprint density at radius 1 is 1.05 bits per heavy atom. The SMILES string of the molecule is Cc1ccccc1/[C]=N\OCc1c(F)cccc1F. The lowest BCUT2D eigenvalue weighted by atomic mass is 10.1. The normalized spacial score (nSPS) is 10.9. The van der Waals surface area contributed by atoms with Crippen molar-refractivity contribution in [3.05, 3.63) is 70.8 Å². The fraction of sp³-hybridized carbons (Fsp3) is 0.133. The molecule has 0 unspecified atom stereocenters. The third-order valence-corrected chi connectivity index (χ3v) is 2.65. The number of hydrogen-bond donors (Lipinski definition) is 0. The van der Waals surface area contributed by atoms with E-state index in [-0.39, 0.29) is 12.2 Å². The van der Waals surface area contributed by atoms with Crippen LogP contribution in [0.2, 0.25) is 0 Å². The Morgan fingerprint density at radius 3 is 2.42 bits per heavy atom. The van der Waals surface area contributed by atoms with Gasteiger partial charge in [0.25, 0.3) is 0 Å².